The lowest BCUT2D eigenvalue weighted by Gasteiger charge is -2.25. The quantitative estimate of drug-likeness (QED) is 0.833. The lowest BCUT2D eigenvalue weighted by molar-refractivity contribution is -0.136. The lowest BCUT2D eigenvalue weighted by atomic mass is 10.0. The molecule has 0 saturated carbocycles. The highest BCUT2D eigenvalue weighted by molar-refractivity contribution is 5.85. The van der Waals surface area contributed by atoms with E-state index in [4.69, 9.17) is 5.11 Å². The Bertz CT molecular complexity index is 564. The van der Waals surface area contributed by atoms with Crippen LogP contribution in [-0.2, 0) is 22.6 Å². The van der Waals surface area contributed by atoms with Crippen LogP contribution in [0.1, 0.15) is 17.5 Å². The molecular weight excluding hydrogens is 242 g/mol. The van der Waals surface area contributed by atoms with Crippen molar-refractivity contribution in [3.8, 4) is 0 Å². The molecule has 1 N–H and O–H groups in total. The molecule has 1 amide bonds. The Labute approximate surface area is 111 Å². The van der Waals surface area contributed by atoms with Crippen molar-refractivity contribution in [3.63, 3.8) is 0 Å². The molecule has 0 radical (unpaired) electrons. The first-order chi connectivity index (χ1) is 9.15. The third-order valence-corrected chi connectivity index (χ3v) is 3.86. The minimum atomic E-state index is -0.846. The summed E-state index contributed by atoms with van der Waals surface area (Å²) in [5.41, 5.74) is 1.72. The van der Waals surface area contributed by atoms with Crippen LogP contribution in [-0.4, -0.2) is 27.9 Å². The highest BCUT2D eigenvalue weighted by Gasteiger charge is 2.40. The van der Waals surface area contributed by atoms with Gasteiger partial charge in [0.25, 0.3) is 0 Å². The molecule has 1 aliphatic heterocycles. The van der Waals surface area contributed by atoms with E-state index in [1.54, 1.807) is 0 Å². The van der Waals surface area contributed by atoms with Crippen LogP contribution in [0.5, 0.6) is 0 Å². The number of benzene rings is 1. The average Bonchev–Trinajstić information content (AvgIpc) is 2.94. The lowest BCUT2D eigenvalue weighted by Crippen LogP contribution is -2.34. The number of carbonyl (C=O) groups is 2. The van der Waals surface area contributed by atoms with Gasteiger partial charge in [0.1, 0.15) is 0 Å². The largest absolute Gasteiger partial charge is 0.481 e. The van der Waals surface area contributed by atoms with E-state index < -0.39 is 5.97 Å². The predicted molar refractivity (Wildman–Crippen MR) is 69.4 cm³/mol. The molecule has 4 heteroatoms. The molecule has 1 aromatic carbocycles. The number of nitrogens with zero attached hydrogens (tertiary/aromatic N) is 1. The van der Waals surface area contributed by atoms with Gasteiger partial charge in [0.05, 0.1) is 18.4 Å². The van der Waals surface area contributed by atoms with Crippen molar-refractivity contribution in [2.75, 3.05) is 0 Å². The zero-order chi connectivity index (χ0) is 13.4. The van der Waals surface area contributed by atoms with Crippen LogP contribution in [0, 0.1) is 5.92 Å². The molecular formula is C15H15NO3. The first-order valence-electron chi connectivity index (χ1n) is 6.42. The van der Waals surface area contributed by atoms with Crippen molar-refractivity contribution >= 4 is 11.9 Å². The number of hydrogen-bond acceptors (Lipinski definition) is 2. The summed E-state index contributed by atoms with van der Waals surface area (Å²) >= 11 is 0. The van der Waals surface area contributed by atoms with Crippen molar-refractivity contribution in [1.29, 1.82) is 0 Å². The maximum Gasteiger partial charge on any atom is 0.307 e. The second kappa shape index (κ2) is 4.53. The van der Waals surface area contributed by atoms with Crippen molar-refractivity contribution < 1.29 is 14.7 Å². The monoisotopic (exact) mass is 257 g/mol. The van der Waals surface area contributed by atoms with Gasteiger partial charge in [0.15, 0.2) is 0 Å². The topological polar surface area (TPSA) is 57.6 Å². The van der Waals surface area contributed by atoms with Gasteiger partial charge in [-0.2, -0.15) is 0 Å². The van der Waals surface area contributed by atoms with Gasteiger partial charge in [-0.05, 0) is 17.5 Å². The minimum absolute atomic E-state index is 0.00212. The van der Waals surface area contributed by atoms with E-state index in [2.05, 4.69) is 6.08 Å². The number of carboxylic acid groups (broad SMARTS) is 1. The Hall–Kier alpha value is -2.10. The van der Waals surface area contributed by atoms with Crippen LogP contribution < -0.4 is 0 Å². The summed E-state index contributed by atoms with van der Waals surface area (Å²) in [6, 6.07) is 7.63. The molecule has 2 aliphatic rings. The molecule has 3 rings (SSSR count). The molecule has 4 nitrogen and oxygen atoms in total. The van der Waals surface area contributed by atoms with E-state index in [-0.39, 0.29) is 24.3 Å². The zero-order valence-electron chi connectivity index (χ0n) is 10.5. The summed E-state index contributed by atoms with van der Waals surface area (Å²) in [4.78, 5) is 24.8. The highest BCUT2D eigenvalue weighted by Crippen LogP contribution is 2.34. The number of amides is 1. The van der Waals surface area contributed by atoms with Gasteiger partial charge in [0, 0.05) is 6.54 Å². The van der Waals surface area contributed by atoms with Gasteiger partial charge >= 0.3 is 5.97 Å². The molecule has 1 saturated heterocycles. The fourth-order valence-electron chi connectivity index (χ4n) is 2.90. The molecule has 1 aromatic rings. The van der Waals surface area contributed by atoms with E-state index in [0.717, 1.165) is 17.5 Å². The maximum atomic E-state index is 12.1. The summed E-state index contributed by atoms with van der Waals surface area (Å²) in [6.07, 6.45) is 4.93. The molecule has 0 aromatic heterocycles. The zero-order valence-corrected chi connectivity index (χ0v) is 10.5. The van der Waals surface area contributed by atoms with Gasteiger partial charge < -0.3 is 10.0 Å². The number of rotatable bonds is 4. The summed E-state index contributed by atoms with van der Waals surface area (Å²) in [7, 11) is 0. The van der Waals surface area contributed by atoms with Gasteiger partial charge in [0.2, 0.25) is 5.91 Å². The highest BCUT2D eigenvalue weighted by atomic mass is 16.4. The molecule has 2 bridgehead atoms. The number of carboxylic acids is 1. The van der Waals surface area contributed by atoms with Crippen LogP contribution in [0.3, 0.4) is 0 Å². The SMILES string of the molecule is O=C(O)Cc1ccccc1CN1C(=O)C2C=CC1C2. The van der Waals surface area contributed by atoms with Crippen molar-refractivity contribution in [3.05, 3.63) is 47.5 Å². The Morgan fingerprint density at radius 2 is 2.00 bits per heavy atom. The fraction of sp³-hybridized carbons (Fsp3) is 0.333. The van der Waals surface area contributed by atoms with E-state index in [0.29, 0.717) is 6.54 Å². The Morgan fingerprint density at radius 1 is 1.26 bits per heavy atom. The van der Waals surface area contributed by atoms with E-state index in [9.17, 15) is 9.59 Å². The van der Waals surface area contributed by atoms with Crippen LogP contribution in [0.4, 0.5) is 0 Å². The molecule has 98 valence electrons. The molecule has 1 aliphatic carbocycles. The number of hydrogen-bond donors (Lipinski definition) is 1. The summed E-state index contributed by atoms with van der Waals surface area (Å²) in [5, 5.41) is 8.92. The summed E-state index contributed by atoms with van der Waals surface area (Å²) in [5.74, 6) is -0.643. The normalized spacial score (nSPS) is 24.2. The third kappa shape index (κ3) is 2.14. The second-order valence-corrected chi connectivity index (χ2v) is 5.10. The van der Waals surface area contributed by atoms with E-state index in [1.807, 2.05) is 35.2 Å². The van der Waals surface area contributed by atoms with Crippen molar-refractivity contribution in [2.45, 2.75) is 25.4 Å². The minimum Gasteiger partial charge on any atom is -0.481 e. The number of likely N-dealkylation sites (tertiary alicyclic amines) is 1. The Kier molecular flexibility index (Phi) is 2.85. The molecule has 2 unspecified atom stereocenters. The average molecular weight is 257 g/mol. The summed E-state index contributed by atoms with van der Waals surface area (Å²) < 4.78 is 0. The van der Waals surface area contributed by atoms with Crippen LogP contribution in [0.25, 0.3) is 0 Å². The van der Waals surface area contributed by atoms with Crippen LogP contribution >= 0.6 is 0 Å². The van der Waals surface area contributed by atoms with Crippen LogP contribution in [0.15, 0.2) is 36.4 Å². The fourth-order valence-corrected chi connectivity index (χ4v) is 2.90. The third-order valence-electron chi connectivity index (χ3n) is 3.86. The molecule has 1 fully saturated rings. The van der Waals surface area contributed by atoms with Crippen molar-refractivity contribution in [2.24, 2.45) is 5.92 Å². The summed E-state index contributed by atoms with van der Waals surface area (Å²) in [6.45, 7) is 0.508. The Morgan fingerprint density at radius 3 is 2.63 bits per heavy atom. The molecule has 1 heterocycles. The number of fused-ring (bicyclic) bond motifs is 2. The van der Waals surface area contributed by atoms with Gasteiger partial charge in [-0.25, -0.2) is 0 Å². The van der Waals surface area contributed by atoms with Crippen molar-refractivity contribution in [1.82, 2.24) is 4.90 Å². The predicted octanol–water partition coefficient (Wildman–Crippen LogP) is 1.60. The van der Waals surface area contributed by atoms with E-state index in [1.165, 1.54) is 0 Å². The van der Waals surface area contributed by atoms with Gasteiger partial charge in [-0.15, -0.1) is 0 Å². The smallest absolute Gasteiger partial charge is 0.307 e. The first-order valence-corrected chi connectivity index (χ1v) is 6.42. The maximum absolute atomic E-state index is 12.1. The number of aliphatic carboxylic acids is 1. The first kappa shape index (κ1) is 12.0. The van der Waals surface area contributed by atoms with E-state index >= 15 is 0 Å². The van der Waals surface area contributed by atoms with Crippen LogP contribution in [0.2, 0.25) is 0 Å². The number of carbonyl (C=O) groups excluding carboxylic acids is 1. The molecule has 0 spiro atoms. The second-order valence-electron chi connectivity index (χ2n) is 5.10. The Balaban J connectivity index is 1.82. The van der Waals surface area contributed by atoms with Gasteiger partial charge in [-0.3, -0.25) is 9.59 Å². The molecule has 2 atom stereocenters. The van der Waals surface area contributed by atoms with Gasteiger partial charge in [-0.1, -0.05) is 36.4 Å². The molecule has 19 heavy (non-hydrogen) atoms. The standard InChI is InChI=1S/C15H15NO3/c17-14(18)8-10-3-1-2-4-12(10)9-16-13-6-5-11(7-13)15(16)19/h1-6,11,13H,7-9H2,(H,17,18).